The lowest BCUT2D eigenvalue weighted by molar-refractivity contribution is -0.132. The maximum absolute atomic E-state index is 13.1. The van der Waals surface area contributed by atoms with E-state index in [0.717, 1.165) is 24.8 Å². The molecule has 1 aliphatic heterocycles. The Bertz CT molecular complexity index is 1390. The fourth-order valence-electron chi connectivity index (χ4n) is 4.85. The van der Waals surface area contributed by atoms with Gasteiger partial charge in [-0.05, 0) is 61.1 Å². The number of H-pyrrole nitrogens is 1. The van der Waals surface area contributed by atoms with E-state index < -0.39 is 10.0 Å². The second kappa shape index (κ2) is 9.31. The number of nitrogens with one attached hydrogen (secondary N) is 1. The van der Waals surface area contributed by atoms with Crippen molar-refractivity contribution in [3.05, 3.63) is 69.8 Å². The molecule has 3 aromatic rings. The van der Waals surface area contributed by atoms with E-state index in [2.05, 4.69) is 9.97 Å². The molecule has 0 spiro atoms. The molecule has 5 rings (SSSR count). The molecule has 0 radical (unpaired) electrons. The third-order valence-corrected chi connectivity index (χ3v) is 8.66. The molecule has 2 aromatic carbocycles. The molecular weight excluding hydrogens is 452 g/mol. The van der Waals surface area contributed by atoms with E-state index >= 15 is 0 Å². The second-order valence-electron chi connectivity index (χ2n) is 8.95. The fraction of sp³-hybridized carbons (Fsp3) is 0.400. The highest BCUT2D eigenvalue weighted by Gasteiger charge is 2.30. The number of sulfonamides is 1. The van der Waals surface area contributed by atoms with Crippen LogP contribution in [0.1, 0.15) is 36.2 Å². The zero-order valence-corrected chi connectivity index (χ0v) is 19.8. The van der Waals surface area contributed by atoms with Crippen LogP contribution >= 0.6 is 0 Å². The monoisotopic (exact) mass is 480 g/mol. The second-order valence-corrected chi connectivity index (χ2v) is 10.9. The Morgan fingerprint density at radius 3 is 2.59 bits per heavy atom. The van der Waals surface area contributed by atoms with Gasteiger partial charge in [0.1, 0.15) is 5.82 Å². The highest BCUT2D eigenvalue weighted by molar-refractivity contribution is 7.89. The van der Waals surface area contributed by atoms with Crippen molar-refractivity contribution < 1.29 is 13.2 Å². The van der Waals surface area contributed by atoms with Crippen molar-refractivity contribution in [2.75, 3.05) is 26.2 Å². The Labute approximate surface area is 198 Å². The van der Waals surface area contributed by atoms with Gasteiger partial charge in [0.2, 0.25) is 15.9 Å². The number of piperazine rings is 1. The third kappa shape index (κ3) is 4.50. The number of aromatic nitrogens is 2. The van der Waals surface area contributed by atoms with Gasteiger partial charge in [-0.1, -0.05) is 18.2 Å². The molecular formula is C25H28N4O4S. The van der Waals surface area contributed by atoms with Crippen LogP contribution in [0, 0.1) is 0 Å². The molecule has 34 heavy (non-hydrogen) atoms. The molecule has 0 unspecified atom stereocenters. The van der Waals surface area contributed by atoms with Gasteiger partial charge in [0.15, 0.2) is 0 Å². The first-order chi connectivity index (χ1) is 16.4. The molecule has 178 valence electrons. The van der Waals surface area contributed by atoms with Crippen LogP contribution in [0.25, 0.3) is 10.9 Å². The van der Waals surface area contributed by atoms with Crippen LogP contribution in [0.5, 0.6) is 0 Å². The fourth-order valence-corrected chi connectivity index (χ4v) is 6.33. The van der Waals surface area contributed by atoms with Crippen molar-refractivity contribution in [2.24, 2.45) is 0 Å². The highest BCUT2D eigenvalue weighted by atomic mass is 32.2. The Balaban J connectivity index is 1.14. The lowest BCUT2D eigenvalue weighted by atomic mass is 10.1. The van der Waals surface area contributed by atoms with E-state index in [0.29, 0.717) is 67.1 Å². The summed E-state index contributed by atoms with van der Waals surface area (Å²) >= 11 is 0. The molecule has 1 amide bonds. The summed E-state index contributed by atoms with van der Waals surface area (Å²) in [5.41, 5.74) is 2.86. The highest BCUT2D eigenvalue weighted by Crippen LogP contribution is 2.26. The zero-order valence-electron chi connectivity index (χ0n) is 19.0. The van der Waals surface area contributed by atoms with Crippen LogP contribution in [0.2, 0.25) is 0 Å². The Kier molecular flexibility index (Phi) is 6.22. The topological polar surface area (TPSA) is 103 Å². The SMILES string of the molecule is O=C(CCCc1nc2ccccc2c(=O)[nH]1)N1CCN(S(=O)(=O)c2ccc3c(c2)CCC3)CC1. The molecule has 0 bridgehead atoms. The van der Waals surface area contributed by atoms with Crippen molar-refractivity contribution in [2.45, 2.75) is 43.4 Å². The number of carbonyl (C=O) groups excluding carboxylic acids is 1. The first-order valence-corrected chi connectivity index (χ1v) is 13.2. The van der Waals surface area contributed by atoms with Gasteiger partial charge in [0.25, 0.3) is 5.56 Å². The van der Waals surface area contributed by atoms with E-state index in [1.54, 1.807) is 29.2 Å². The third-order valence-electron chi connectivity index (χ3n) is 6.77. The molecule has 0 atom stereocenters. The average Bonchev–Trinajstić information content (AvgIpc) is 3.32. The summed E-state index contributed by atoms with van der Waals surface area (Å²) in [6.45, 7) is 1.36. The van der Waals surface area contributed by atoms with E-state index in [9.17, 15) is 18.0 Å². The van der Waals surface area contributed by atoms with Gasteiger partial charge in [-0.2, -0.15) is 4.31 Å². The van der Waals surface area contributed by atoms with Crippen LogP contribution in [-0.2, 0) is 34.1 Å². The maximum atomic E-state index is 13.1. The number of aromatic amines is 1. The number of para-hydroxylation sites is 1. The van der Waals surface area contributed by atoms with Gasteiger partial charge in [0, 0.05) is 39.0 Å². The van der Waals surface area contributed by atoms with E-state index in [4.69, 9.17) is 0 Å². The number of hydrogen-bond donors (Lipinski definition) is 1. The Morgan fingerprint density at radius 2 is 1.76 bits per heavy atom. The van der Waals surface area contributed by atoms with E-state index in [1.807, 2.05) is 18.2 Å². The van der Waals surface area contributed by atoms with Crippen molar-refractivity contribution >= 4 is 26.8 Å². The number of aryl methyl sites for hydroxylation is 3. The smallest absolute Gasteiger partial charge is 0.258 e. The first kappa shape index (κ1) is 22.7. The predicted molar refractivity (Wildman–Crippen MR) is 129 cm³/mol. The van der Waals surface area contributed by atoms with E-state index in [-0.39, 0.29) is 11.5 Å². The first-order valence-electron chi connectivity index (χ1n) is 11.8. The number of fused-ring (bicyclic) bond motifs is 2. The summed E-state index contributed by atoms with van der Waals surface area (Å²) in [6, 6.07) is 12.6. The van der Waals surface area contributed by atoms with Crippen LogP contribution in [0.15, 0.2) is 52.2 Å². The molecule has 1 N–H and O–H groups in total. The van der Waals surface area contributed by atoms with Gasteiger partial charge in [0.05, 0.1) is 15.8 Å². The minimum absolute atomic E-state index is 0.00212. The van der Waals surface area contributed by atoms with Crippen molar-refractivity contribution in [3.8, 4) is 0 Å². The van der Waals surface area contributed by atoms with Gasteiger partial charge < -0.3 is 9.88 Å². The molecule has 1 saturated heterocycles. The lowest BCUT2D eigenvalue weighted by Crippen LogP contribution is -2.50. The van der Waals surface area contributed by atoms with Crippen molar-refractivity contribution in [1.29, 1.82) is 0 Å². The number of carbonyl (C=O) groups is 1. The van der Waals surface area contributed by atoms with Crippen molar-refractivity contribution in [1.82, 2.24) is 19.2 Å². The summed E-state index contributed by atoms with van der Waals surface area (Å²) in [4.78, 5) is 34.2. The van der Waals surface area contributed by atoms with Gasteiger partial charge in [-0.25, -0.2) is 13.4 Å². The lowest BCUT2D eigenvalue weighted by Gasteiger charge is -2.34. The van der Waals surface area contributed by atoms with Gasteiger partial charge >= 0.3 is 0 Å². The molecule has 1 aromatic heterocycles. The maximum Gasteiger partial charge on any atom is 0.258 e. The number of nitrogens with zero attached hydrogens (tertiary/aromatic N) is 3. The molecule has 1 aliphatic carbocycles. The summed E-state index contributed by atoms with van der Waals surface area (Å²) in [7, 11) is -3.55. The van der Waals surface area contributed by atoms with Crippen LogP contribution in [0.4, 0.5) is 0 Å². The summed E-state index contributed by atoms with van der Waals surface area (Å²) in [5.74, 6) is 0.569. The molecule has 9 heteroatoms. The van der Waals surface area contributed by atoms with Gasteiger partial charge in [-0.3, -0.25) is 9.59 Å². The Hall–Kier alpha value is -3.04. The van der Waals surface area contributed by atoms with Crippen LogP contribution < -0.4 is 5.56 Å². The average molecular weight is 481 g/mol. The van der Waals surface area contributed by atoms with Crippen LogP contribution in [-0.4, -0.2) is 59.7 Å². The van der Waals surface area contributed by atoms with Gasteiger partial charge in [-0.15, -0.1) is 0 Å². The molecule has 1 fully saturated rings. The predicted octanol–water partition coefficient (Wildman–Crippen LogP) is 2.27. The quantitative estimate of drug-likeness (QED) is 0.583. The number of rotatable bonds is 6. The summed E-state index contributed by atoms with van der Waals surface area (Å²) in [6.07, 6.45) is 4.42. The number of amides is 1. The molecule has 2 aliphatic rings. The minimum atomic E-state index is -3.55. The Morgan fingerprint density at radius 1 is 1.00 bits per heavy atom. The largest absolute Gasteiger partial charge is 0.340 e. The normalized spacial score (nSPS) is 16.6. The molecule has 8 nitrogen and oxygen atoms in total. The standard InChI is InChI=1S/C25H28N4O4S/c30-24(10-4-9-23-26-22-8-2-1-7-21(22)25(31)27-23)28-13-15-29(16-14-28)34(32,33)20-12-11-18-5-3-6-19(18)17-20/h1-2,7-8,11-12,17H,3-6,9-10,13-16H2,(H,26,27,31). The summed E-state index contributed by atoms with van der Waals surface area (Å²) < 4.78 is 27.7. The summed E-state index contributed by atoms with van der Waals surface area (Å²) in [5, 5.41) is 0.551. The molecule has 0 saturated carbocycles. The zero-order chi connectivity index (χ0) is 23.7. The number of hydrogen-bond acceptors (Lipinski definition) is 5. The van der Waals surface area contributed by atoms with Crippen molar-refractivity contribution in [3.63, 3.8) is 0 Å². The van der Waals surface area contributed by atoms with E-state index in [1.165, 1.54) is 9.87 Å². The van der Waals surface area contributed by atoms with Crippen LogP contribution in [0.3, 0.4) is 0 Å². The molecule has 2 heterocycles. The number of benzene rings is 2. The minimum Gasteiger partial charge on any atom is -0.340 e.